The fourth-order valence-corrected chi connectivity index (χ4v) is 1.99. The average molecular weight is 166 g/mol. The van der Waals surface area contributed by atoms with Crippen LogP contribution < -0.4 is 0 Å². The number of ketones is 1. The van der Waals surface area contributed by atoms with E-state index in [9.17, 15) is 4.79 Å². The molecule has 0 saturated heterocycles. The largest absolute Gasteiger partial charge is 0.295 e. The predicted molar refractivity (Wildman–Crippen MR) is 50.9 cm³/mol. The van der Waals surface area contributed by atoms with E-state index in [1.165, 1.54) is 12.8 Å². The third-order valence-corrected chi connectivity index (χ3v) is 2.67. The Morgan fingerprint density at radius 1 is 1.42 bits per heavy atom. The lowest BCUT2D eigenvalue weighted by molar-refractivity contribution is -0.119. The smallest absolute Gasteiger partial charge is 0.158 e. The van der Waals surface area contributed by atoms with Gasteiger partial charge in [0.15, 0.2) is 5.78 Å². The van der Waals surface area contributed by atoms with Crippen LogP contribution in [0.5, 0.6) is 0 Å². The van der Waals surface area contributed by atoms with Crippen molar-refractivity contribution in [3.63, 3.8) is 0 Å². The van der Waals surface area contributed by atoms with Crippen molar-refractivity contribution in [1.82, 2.24) is 0 Å². The Morgan fingerprint density at radius 2 is 2.17 bits per heavy atom. The van der Waals surface area contributed by atoms with Crippen molar-refractivity contribution in [3.05, 3.63) is 12.2 Å². The van der Waals surface area contributed by atoms with Crippen molar-refractivity contribution in [3.8, 4) is 0 Å². The lowest BCUT2D eigenvalue weighted by Gasteiger charge is -2.24. The number of rotatable bonds is 2. The first-order valence-corrected chi connectivity index (χ1v) is 4.90. The first kappa shape index (κ1) is 9.50. The van der Waals surface area contributed by atoms with Crippen molar-refractivity contribution in [2.75, 3.05) is 0 Å². The molecule has 0 heterocycles. The molecular formula is C11H18O. The first-order valence-electron chi connectivity index (χ1n) is 4.90. The van der Waals surface area contributed by atoms with Gasteiger partial charge < -0.3 is 0 Å². The molecule has 1 aliphatic rings. The average Bonchev–Trinajstić information content (AvgIpc) is 2.05. The zero-order valence-electron chi connectivity index (χ0n) is 8.05. The SMILES string of the molecule is C/C=C/C(=O)C1CCCC(C)C1. The minimum absolute atomic E-state index is 0.324. The van der Waals surface area contributed by atoms with E-state index in [1.54, 1.807) is 6.08 Å². The molecule has 0 spiro atoms. The molecule has 1 fully saturated rings. The Morgan fingerprint density at radius 3 is 2.75 bits per heavy atom. The van der Waals surface area contributed by atoms with E-state index in [-0.39, 0.29) is 0 Å². The molecule has 1 nitrogen and oxygen atoms in total. The number of hydrogen-bond acceptors (Lipinski definition) is 1. The number of carbonyl (C=O) groups excluding carboxylic acids is 1. The van der Waals surface area contributed by atoms with Gasteiger partial charge in [0.1, 0.15) is 0 Å². The summed E-state index contributed by atoms with van der Waals surface area (Å²) < 4.78 is 0. The normalized spacial score (nSPS) is 30.8. The van der Waals surface area contributed by atoms with Crippen LogP contribution in [0.25, 0.3) is 0 Å². The van der Waals surface area contributed by atoms with Crippen molar-refractivity contribution >= 4 is 5.78 Å². The maximum absolute atomic E-state index is 11.5. The highest BCUT2D eigenvalue weighted by Crippen LogP contribution is 2.29. The monoisotopic (exact) mass is 166 g/mol. The zero-order chi connectivity index (χ0) is 8.97. The Kier molecular flexibility index (Phi) is 3.51. The van der Waals surface area contributed by atoms with E-state index in [2.05, 4.69) is 6.92 Å². The van der Waals surface area contributed by atoms with Gasteiger partial charge in [-0.05, 0) is 31.8 Å². The number of carbonyl (C=O) groups is 1. The first-order chi connectivity index (χ1) is 5.74. The summed E-state index contributed by atoms with van der Waals surface area (Å²) in [6, 6.07) is 0. The van der Waals surface area contributed by atoms with Gasteiger partial charge in [-0.2, -0.15) is 0 Å². The molecule has 1 aliphatic carbocycles. The fourth-order valence-electron chi connectivity index (χ4n) is 1.99. The third kappa shape index (κ3) is 2.47. The maximum atomic E-state index is 11.5. The minimum Gasteiger partial charge on any atom is -0.295 e. The van der Waals surface area contributed by atoms with Gasteiger partial charge in [-0.3, -0.25) is 4.79 Å². The van der Waals surface area contributed by atoms with Gasteiger partial charge in [0, 0.05) is 5.92 Å². The molecule has 0 aliphatic heterocycles. The van der Waals surface area contributed by atoms with Crippen LogP contribution in [-0.2, 0) is 4.79 Å². The van der Waals surface area contributed by atoms with Gasteiger partial charge in [0.2, 0.25) is 0 Å². The topological polar surface area (TPSA) is 17.1 Å². The van der Waals surface area contributed by atoms with E-state index in [0.717, 1.165) is 18.8 Å². The van der Waals surface area contributed by atoms with E-state index in [4.69, 9.17) is 0 Å². The van der Waals surface area contributed by atoms with Crippen molar-refractivity contribution in [2.45, 2.75) is 39.5 Å². The van der Waals surface area contributed by atoms with Crippen LogP contribution in [0, 0.1) is 11.8 Å². The van der Waals surface area contributed by atoms with Crippen LogP contribution in [0.4, 0.5) is 0 Å². The summed E-state index contributed by atoms with van der Waals surface area (Å²) >= 11 is 0. The van der Waals surface area contributed by atoms with Crippen LogP contribution in [-0.4, -0.2) is 5.78 Å². The van der Waals surface area contributed by atoms with Gasteiger partial charge in [0.25, 0.3) is 0 Å². The Bertz CT molecular complexity index is 181. The van der Waals surface area contributed by atoms with Crippen LogP contribution in [0.15, 0.2) is 12.2 Å². The molecule has 68 valence electrons. The van der Waals surface area contributed by atoms with Gasteiger partial charge in [-0.1, -0.05) is 25.8 Å². The van der Waals surface area contributed by atoms with E-state index < -0.39 is 0 Å². The Hall–Kier alpha value is -0.590. The van der Waals surface area contributed by atoms with Crippen LogP contribution >= 0.6 is 0 Å². The summed E-state index contributed by atoms with van der Waals surface area (Å²) in [4.78, 5) is 11.5. The van der Waals surface area contributed by atoms with Crippen molar-refractivity contribution in [1.29, 1.82) is 0 Å². The molecule has 0 amide bonds. The quantitative estimate of drug-likeness (QED) is 0.576. The highest BCUT2D eigenvalue weighted by molar-refractivity contribution is 5.91. The molecule has 1 heteroatoms. The van der Waals surface area contributed by atoms with Gasteiger partial charge >= 0.3 is 0 Å². The predicted octanol–water partition coefficient (Wildman–Crippen LogP) is 2.96. The summed E-state index contributed by atoms with van der Waals surface area (Å²) in [6.45, 7) is 4.15. The van der Waals surface area contributed by atoms with Crippen molar-refractivity contribution in [2.24, 2.45) is 11.8 Å². The highest BCUT2D eigenvalue weighted by Gasteiger charge is 2.22. The fraction of sp³-hybridized carbons (Fsp3) is 0.727. The number of hydrogen-bond donors (Lipinski definition) is 0. The summed E-state index contributed by atoms with van der Waals surface area (Å²) in [6.07, 6.45) is 8.32. The van der Waals surface area contributed by atoms with Crippen LogP contribution in [0.3, 0.4) is 0 Å². The zero-order valence-corrected chi connectivity index (χ0v) is 8.05. The molecule has 0 aromatic carbocycles. The van der Waals surface area contributed by atoms with Gasteiger partial charge in [0.05, 0.1) is 0 Å². The highest BCUT2D eigenvalue weighted by atomic mass is 16.1. The summed E-state index contributed by atoms with van der Waals surface area (Å²) in [5.41, 5.74) is 0. The molecule has 0 radical (unpaired) electrons. The third-order valence-electron chi connectivity index (χ3n) is 2.67. The summed E-state index contributed by atoms with van der Waals surface area (Å²) in [5.74, 6) is 1.41. The molecule has 1 saturated carbocycles. The van der Waals surface area contributed by atoms with Crippen LogP contribution in [0.2, 0.25) is 0 Å². The molecule has 0 bridgehead atoms. The molecule has 12 heavy (non-hydrogen) atoms. The molecule has 2 unspecified atom stereocenters. The van der Waals surface area contributed by atoms with E-state index in [1.807, 2.05) is 13.0 Å². The van der Waals surface area contributed by atoms with Crippen LogP contribution in [0.1, 0.15) is 39.5 Å². The standard InChI is InChI=1S/C11H18O/c1-3-5-11(12)10-7-4-6-9(2)8-10/h3,5,9-10H,4,6-8H2,1-2H3/b5-3+. The second-order valence-corrected chi connectivity index (χ2v) is 3.87. The Balaban J connectivity index is 2.45. The summed E-state index contributed by atoms with van der Waals surface area (Å²) in [7, 11) is 0. The number of allylic oxidation sites excluding steroid dienone is 2. The second kappa shape index (κ2) is 4.44. The molecule has 1 rings (SSSR count). The second-order valence-electron chi connectivity index (χ2n) is 3.87. The molecule has 0 aromatic rings. The van der Waals surface area contributed by atoms with Crippen molar-refractivity contribution < 1.29 is 4.79 Å². The molecule has 0 aromatic heterocycles. The lowest BCUT2D eigenvalue weighted by Crippen LogP contribution is -2.20. The Labute approximate surface area is 74.9 Å². The maximum Gasteiger partial charge on any atom is 0.158 e. The summed E-state index contributed by atoms with van der Waals surface area (Å²) in [5, 5.41) is 0. The molecule has 2 atom stereocenters. The van der Waals surface area contributed by atoms with Gasteiger partial charge in [-0.25, -0.2) is 0 Å². The van der Waals surface area contributed by atoms with Gasteiger partial charge in [-0.15, -0.1) is 0 Å². The lowest BCUT2D eigenvalue weighted by atomic mass is 9.80. The molecular weight excluding hydrogens is 148 g/mol. The molecule has 0 N–H and O–H groups in total. The minimum atomic E-state index is 0.324. The van der Waals surface area contributed by atoms with E-state index >= 15 is 0 Å². The van der Waals surface area contributed by atoms with E-state index in [0.29, 0.717) is 11.7 Å².